The van der Waals surface area contributed by atoms with Gasteiger partial charge >= 0.3 is 5.97 Å². The van der Waals surface area contributed by atoms with E-state index in [2.05, 4.69) is 0 Å². The molecule has 0 aliphatic heterocycles. The number of rotatable bonds is 7. The maximum atomic E-state index is 11.3. The van der Waals surface area contributed by atoms with Crippen LogP contribution in [-0.2, 0) is 9.53 Å². The highest BCUT2D eigenvalue weighted by atomic mass is 32.2. The molecule has 1 aromatic rings. The third kappa shape index (κ3) is 4.44. The number of nitrogens with two attached hydrogens (primary N) is 1. The van der Waals surface area contributed by atoms with E-state index in [0.717, 1.165) is 12.2 Å². The highest BCUT2D eigenvalue weighted by Gasteiger charge is 2.22. The smallest absolute Gasteiger partial charge is 0.315 e. The van der Waals surface area contributed by atoms with Gasteiger partial charge in [0.2, 0.25) is 0 Å². The monoisotopic (exact) mass is 257 g/mol. The Bertz CT molecular complexity index is 327. The Morgan fingerprint density at radius 1 is 1.59 bits per heavy atom. The van der Waals surface area contributed by atoms with Gasteiger partial charge in [-0.25, -0.2) is 0 Å². The fraction of sp³-hybridized carbons (Fsp3) is 0.583. The Labute approximate surface area is 106 Å². The van der Waals surface area contributed by atoms with E-state index in [-0.39, 0.29) is 17.3 Å². The first-order valence-corrected chi connectivity index (χ1v) is 6.80. The minimum Gasteiger partial charge on any atom is -0.468 e. The first-order chi connectivity index (χ1) is 8.19. The average molecular weight is 257 g/mol. The summed E-state index contributed by atoms with van der Waals surface area (Å²) in [5.41, 5.74) is 6.04. The van der Waals surface area contributed by atoms with Gasteiger partial charge < -0.3 is 14.9 Å². The molecular weight excluding hydrogens is 238 g/mol. The van der Waals surface area contributed by atoms with Crippen LogP contribution in [0.15, 0.2) is 22.8 Å². The zero-order valence-electron chi connectivity index (χ0n) is 10.2. The molecule has 1 rings (SSSR count). The summed E-state index contributed by atoms with van der Waals surface area (Å²) >= 11 is 1.47. The van der Waals surface area contributed by atoms with Crippen molar-refractivity contribution in [3.05, 3.63) is 24.2 Å². The maximum absolute atomic E-state index is 11.3. The van der Waals surface area contributed by atoms with Gasteiger partial charge in [-0.1, -0.05) is 6.92 Å². The zero-order valence-corrected chi connectivity index (χ0v) is 11.0. The Hall–Kier alpha value is -0.940. The average Bonchev–Trinajstić information content (AvgIpc) is 2.83. The van der Waals surface area contributed by atoms with E-state index in [1.807, 2.05) is 19.1 Å². The molecule has 1 heterocycles. The van der Waals surface area contributed by atoms with Gasteiger partial charge in [0.05, 0.1) is 23.9 Å². The molecule has 0 aliphatic rings. The molecule has 96 valence electrons. The molecule has 0 aliphatic carbocycles. The van der Waals surface area contributed by atoms with E-state index < -0.39 is 0 Å². The van der Waals surface area contributed by atoms with Crippen LogP contribution in [0, 0.1) is 0 Å². The predicted octanol–water partition coefficient (Wildman–Crippen LogP) is 2.35. The summed E-state index contributed by atoms with van der Waals surface area (Å²) in [4.78, 5) is 11.3. The van der Waals surface area contributed by atoms with Crippen molar-refractivity contribution in [2.45, 2.75) is 31.6 Å². The summed E-state index contributed by atoms with van der Waals surface area (Å²) in [6.45, 7) is 4.22. The molecule has 2 atom stereocenters. The number of ether oxygens (including phenoxy) is 1. The van der Waals surface area contributed by atoms with E-state index >= 15 is 0 Å². The number of carbonyl (C=O) groups excluding carboxylic acids is 1. The second-order valence-electron chi connectivity index (χ2n) is 3.62. The topological polar surface area (TPSA) is 65.5 Å². The SMILES string of the molecule is CCOC(=O)CSC(c1ccco1)C(N)CC. The quantitative estimate of drug-likeness (QED) is 0.760. The third-order valence-corrected chi connectivity index (χ3v) is 3.71. The first-order valence-electron chi connectivity index (χ1n) is 5.75. The summed E-state index contributed by atoms with van der Waals surface area (Å²) in [6.07, 6.45) is 2.46. The Balaban J connectivity index is 2.56. The van der Waals surface area contributed by atoms with Crippen LogP contribution in [0.25, 0.3) is 0 Å². The zero-order chi connectivity index (χ0) is 12.7. The van der Waals surface area contributed by atoms with Gasteiger partial charge in [-0.2, -0.15) is 0 Å². The first kappa shape index (κ1) is 14.1. The molecule has 2 N–H and O–H groups in total. The van der Waals surface area contributed by atoms with Crippen molar-refractivity contribution in [1.82, 2.24) is 0 Å². The minimum absolute atomic E-state index is 0.000550. The molecular formula is C12H19NO3S. The van der Waals surface area contributed by atoms with Crippen LogP contribution in [0.4, 0.5) is 0 Å². The van der Waals surface area contributed by atoms with E-state index in [1.54, 1.807) is 13.2 Å². The normalized spacial score (nSPS) is 14.3. The van der Waals surface area contributed by atoms with Crippen molar-refractivity contribution in [2.75, 3.05) is 12.4 Å². The summed E-state index contributed by atoms with van der Waals surface area (Å²) in [5, 5.41) is -0.000550. The summed E-state index contributed by atoms with van der Waals surface area (Å²) in [6, 6.07) is 3.69. The van der Waals surface area contributed by atoms with Crippen LogP contribution < -0.4 is 5.73 Å². The molecule has 0 spiro atoms. The molecule has 5 heteroatoms. The molecule has 0 saturated carbocycles. The lowest BCUT2D eigenvalue weighted by atomic mass is 10.1. The van der Waals surface area contributed by atoms with Crippen molar-refractivity contribution in [3.8, 4) is 0 Å². The molecule has 0 radical (unpaired) electrons. The van der Waals surface area contributed by atoms with Crippen LogP contribution in [0.3, 0.4) is 0 Å². The van der Waals surface area contributed by atoms with Crippen molar-refractivity contribution < 1.29 is 13.9 Å². The molecule has 0 amide bonds. The molecule has 0 bridgehead atoms. The maximum Gasteiger partial charge on any atom is 0.315 e. The molecule has 0 saturated heterocycles. The van der Waals surface area contributed by atoms with Crippen LogP contribution in [0.5, 0.6) is 0 Å². The van der Waals surface area contributed by atoms with Crippen LogP contribution in [-0.4, -0.2) is 24.4 Å². The Morgan fingerprint density at radius 2 is 2.35 bits per heavy atom. The number of hydrogen-bond acceptors (Lipinski definition) is 5. The van der Waals surface area contributed by atoms with Crippen molar-refractivity contribution >= 4 is 17.7 Å². The number of esters is 1. The fourth-order valence-corrected chi connectivity index (χ4v) is 2.58. The summed E-state index contributed by atoms with van der Waals surface area (Å²) < 4.78 is 10.2. The van der Waals surface area contributed by atoms with Gasteiger partial charge in [0.1, 0.15) is 5.76 Å². The second kappa shape index (κ2) is 7.40. The molecule has 4 nitrogen and oxygen atoms in total. The van der Waals surface area contributed by atoms with Crippen molar-refractivity contribution in [3.63, 3.8) is 0 Å². The van der Waals surface area contributed by atoms with E-state index in [1.165, 1.54) is 11.8 Å². The molecule has 0 aromatic carbocycles. The number of thioether (sulfide) groups is 1. The van der Waals surface area contributed by atoms with Gasteiger partial charge in [0.15, 0.2) is 0 Å². The third-order valence-electron chi connectivity index (χ3n) is 2.37. The Morgan fingerprint density at radius 3 is 2.88 bits per heavy atom. The standard InChI is InChI=1S/C12H19NO3S/c1-3-9(13)12(10-6-5-7-16-10)17-8-11(14)15-4-2/h5-7,9,12H,3-4,8,13H2,1-2H3. The van der Waals surface area contributed by atoms with E-state index in [4.69, 9.17) is 14.9 Å². The van der Waals surface area contributed by atoms with E-state index in [0.29, 0.717) is 12.4 Å². The highest BCUT2D eigenvalue weighted by Crippen LogP contribution is 2.32. The van der Waals surface area contributed by atoms with Crippen LogP contribution in [0.2, 0.25) is 0 Å². The van der Waals surface area contributed by atoms with Crippen molar-refractivity contribution in [1.29, 1.82) is 0 Å². The molecule has 0 fully saturated rings. The Kier molecular flexibility index (Phi) is 6.15. The number of furan rings is 1. The lowest BCUT2D eigenvalue weighted by Crippen LogP contribution is -2.26. The predicted molar refractivity (Wildman–Crippen MR) is 68.8 cm³/mol. The van der Waals surface area contributed by atoms with E-state index in [9.17, 15) is 4.79 Å². The number of hydrogen-bond donors (Lipinski definition) is 1. The fourth-order valence-electron chi connectivity index (χ4n) is 1.44. The van der Waals surface area contributed by atoms with Gasteiger partial charge in [0, 0.05) is 6.04 Å². The second-order valence-corrected chi connectivity index (χ2v) is 4.75. The largest absolute Gasteiger partial charge is 0.468 e. The lowest BCUT2D eigenvalue weighted by molar-refractivity contribution is -0.139. The van der Waals surface area contributed by atoms with Gasteiger partial charge in [-0.3, -0.25) is 4.79 Å². The summed E-state index contributed by atoms with van der Waals surface area (Å²) in [5.74, 6) is 0.901. The lowest BCUT2D eigenvalue weighted by Gasteiger charge is -2.19. The van der Waals surface area contributed by atoms with Gasteiger partial charge in [-0.15, -0.1) is 11.8 Å². The van der Waals surface area contributed by atoms with Crippen LogP contribution in [0.1, 0.15) is 31.3 Å². The van der Waals surface area contributed by atoms with Crippen LogP contribution >= 0.6 is 11.8 Å². The van der Waals surface area contributed by atoms with Crippen molar-refractivity contribution in [2.24, 2.45) is 5.73 Å². The highest BCUT2D eigenvalue weighted by molar-refractivity contribution is 8.00. The molecule has 17 heavy (non-hydrogen) atoms. The molecule has 1 aromatic heterocycles. The minimum atomic E-state index is -0.211. The number of carbonyl (C=O) groups is 1. The van der Waals surface area contributed by atoms with Gasteiger partial charge in [0.25, 0.3) is 0 Å². The molecule has 2 unspecified atom stereocenters. The summed E-state index contributed by atoms with van der Waals surface area (Å²) in [7, 11) is 0. The van der Waals surface area contributed by atoms with Gasteiger partial charge in [-0.05, 0) is 25.5 Å².